The molecule has 0 unspecified atom stereocenters. The molecule has 3 aromatic heterocycles. The van der Waals surface area contributed by atoms with Crippen LogP contribution in [0.25, 0.3) is 93.0 Å². The van der Waals surface area contributed by atoms with E-state index >= 15 is 0 Å². The molecule has 0 saturated carbocycles. The van der Waals surface area contributed by atoms with Crippen LogP contribution < -0.4 is 5.56 Å². The number of rotatable bonds is 2. The number of nitrogens with one attached hydrogen (secondary N) is 1. The molecule has 7 aromatic carbocycles. The molecule has 8 heteroatoms. The predicted octanol–water partition coefficient (Wildman–Crippen LogP) is 8.12. The Bertz CT molecular complexity index is 2960. The van der Waals surface area contributed by atoms with E-state index in [-0.39, 0.29) is 5.56 Å². The Kier molecular flexibility index (Phi) is 4.21. The lowest BCUT2D eigenvalue weighted by Gasteiger charge is -2.18. The van der Waals surface area contributed by atoms with Crippen LogP contribution in [0.15, 0.2) is 89.7 Å². The van der Waals surface area contributed by atoms with Crippen molar-refractivity contribution in [3.8, 4) is 11.4 Å². The van der Waals surface area contributed by atoms with E-state index in [0.717, 1.165) is 49.4 Å². The standard InChI is InChI=1S/C36H16F2N4O2/c37-18-7-9-25-26(13-18)40-34(39-25)22-11-17-12-23-33(35-41-27-14-19(38)8-10-28(27)42(35)36(23)44)32-21-6-2-4-16-3-1-5-20(29(16)21)31(30(17)32)24(22)15-43/h1-15H,(H,39,40). The summed E-state index contributed by atoms with van der Waals surface area (Å²) in [6.07, 6.45) is 0.838. The Balaban J connectivity index is 1.50. The van der Waals surface area contributed by atoms with Crippen molar-refractivity contribution in [2.24, 2.45) is 0 Å². The lowest BCUT2D eigenvalue weighted by molar-refractivity contribution is 0.112. The van der Waals surface area contributed by atoms with E-state index < -0.39 is 11.6 Å². The smallest absolute Gasteiger partial charge is 0.264 e. The quantitative estimate of drug-likeness (QED) is 0.128. The van der Waals surface area contributed by atoms with Gasteiger partial charge in [0.1, 0.15) is 23.1 Å². The molecule has 0 spiro atoms. The first-order chi connectivity index (χ1) is 21.5. The van der Waals surface area contributed by atoms with Crippen LogP contribution in [0, 0.1) is 11.6 Å². The van der Waals surface area contributed by atoms with Gasteiger partial charge in [0.15, 0.2) is 6.29 Å². The van der Waals surface area contributed by atoms with Crippen molar-refractivity contribution in [2.45, 2.75) is 0 Å². The lowest BCUT2D eigenvalue weighted by atomic mass is 9.84. The molecule has 44 heavy (non-hydrogen) atoms. The van der Waals surface area contributed by atoms with Crippen molar-refractivity contribution >= 4 is 87.9 Å². The summed E-state index contributed by atoms with van der Waals surface area (Å²) in [7, 11) is 0. The fourth-order valence-corrected chi connectivity index (χ4v) is 7.27. The average Bonchev–Trinajstić information content (AvgIpc) is 3.69. The average molecular weight is 575 g/mol. The number of halogens is 2. The van der Waals surface area contributed by atoms with Gasteiger partial charge in [-0.15, -0.1) is 0 Å². The third kappa shape index (κ3) is 2.77. The summed E-state index contributed by atoms with van der Waals surface area (Å²) in [5, 5.41) is 8.00. The van der Waals surface area contributed by atoms with Crippen molar-refractivity contribution in [3.05, 3.63) is 112 Å². The van der Waals surface area contributed by atoms with E-state index in [0.29, 0.717) is 55.4 Å². The van der Waals surface area contributed by atoms with Gasteiger partial charge in [-0.1, -0.05) is 36.4 Å². The fourth-order valence-electron chi connectivity index (χ4n) is 7.27. The number of carbonyl (C=O) groups excluding carboxylic acids is 1. The van der Waals surface area contributed by atoms with E-state index in [1.165, 1.54) is 24.3 Å². The highest BCUT2D eigenvalue weighted by Gasteiger charge is 2.26. The number of hydrogen-bond donors (Lipinski definition) is 1. The first-order valence-electron chi connectivity index (χ1n) is 14.0. The maximum Gasteiger partial charge on any atom is 0.264 e. The van der Waals surface area contributed by atoms with Gasteiger partial charge in [-0.3, -0.25) is 14.0 Å². The first-order valence-corrected chi connectivity index (χ1v) is 14.0. The summed E-state index contributed by atoms with van der Waals surface area (Å²) in [5.41, 5.74) is 3.17. The third-order valence-corrected chi connectivity index (χ3v) is 9.00. The van der Waals surface area contributed by atoms with Crippen LogP contribution in [0.3, 0.4) is 0 Å². The highest BCUT2D eigenvalue weighted by Crippen LogP contribution is 2.47. The summed E-state index contributed by atoms with van der Waals surface area (Å²) >= 11 is 0. The second-order valence-electron chi connectivity index (χ2n) is 11.3. The van der Waals surface area contributed by atoms with Gasteiger partial charge in [-0.2, -0.15) is 0 Å². The molecule has 0 bridgehead atoms. The monoisotopic (exact) mass is 574 g/mol. The zero-order valence-corrected chi connectivity index (χ0v) is 22.6. The molecule has 0 atom stereocenters. The number of aromatic nitrogens is 4. The van der Waals surface area contributed by atoms with Gasteiger partial charge < -0.3 is 4.98 Å². The number of aromatic amines is 1. The van der Waals surface area contributed by atoms with Gasteiger partial charge in [0, 0.05) is 39.4 Å². The summed E-state index contributed by atoms with van der Waals surface area (Å²) in [6.45, 7) is 0. The summed E-state index contributed by atoms with van der Waals surface area (Å²) in [5.74, 6) is -0.417. The zero-order valence-electron chi connectivity index (χ0n) is 22.6. The van der Waals surface area contributed by atoms with Gasteiger partial charge in [0.05, 0.1) is 27.5 Å². The number of nitrogens with zero attached hydrogens (tertiary/aromatic N) is 3. The Labute approximate surface area is 244 Å². The van der Waals surface area contributed by atoms with E-state index in [1.807, 2.05) is 48.5 Å². The van der Waals surface area contributed by atoms with E-state index in [9.17, 15) is 18.4 Å². The van der Waals surface area contributed by atoms with Gasteiger partial charge in [-0.05, 0) is 68.7 Å². The molecule has 206 valence electrons. The summed E-state index contributed by atoms with van der Waals surface area (Å²) < 4.78 is 29.8. The second kappa shape index (κ2) is 7.87. The number of H-pyrrole nitrogens is 1. The minimum atomic E-state index is -0.431. The number of benzene rings is 7. The normalized spacial score (nSPS) is 12.5. The van der Waals surface area contributed by atoms with E-state index in [1.54, 1.807) is 16.5 Å². The minimum absolute atomic E-state index is 0.255. The number of imidazole rings is 2. The lowest BCUT2D eigenvalue weighted by Crippen LogP contribution is -2.05. The van der Waals surface area contributed by atoms with Crippen molar-refractivity contribution < 1.29 is 13.6 Å². The molecule has 0 aliphatic heterocycles. The molecule has 1 N–H and O–H groups in total. The Morgan fingerprint density at radius 1 is 0.682 bits per heavy atom. The maximum absolute atomic E-state index is 14.2. The van der Waals surface area contributed by atoms with E-state index in [2.05, 4.69) is 9.97 Å². The summed E-state index contributed by atoms with van der Waals surface area (Å²) in [4.78, 5) is 39.9. The number of hydrogen-bond acceptors (Lipinski definition) is 4. The molecule has 0 aliphatic rings. The van der Waals surface area contributed by atoms with Crippen LogP contribution in [-0.4, -0.2) is 25.6 Å². The Morgan fingerprint density at radius 2 is 1.43 bits per heavy atom. The second-order valence-corrected chi connectivity index (χ2v) is 11.3. The SMILES string of the molecule is O=Cc1c(-c2nc3cc(F)ccc3[nH]2)cc2cc3c(=O)n4c5ccc(F)cc5nc4c3c3c4cccc5cccc(c1c23)c54. The molecule has 0 saturated heterocycles. The Hall–Kier alpha value is -6.02. The van der Waals surface area contributed by atoms with Crippen LogP contribution in [0.2, 0.25) is 0 Å². The molecule has 6 nitrogen and oxygen atoms in total. The molecule has 0 aliphatic carbocycles. The van der Waals surface area contributed by atoms with Gasteiger partial charge in [-0.25, -0.2) is 18.7 Å². The number of carbonyl (C=O) groups is 1. The maximum atomic E-state index is 14.2. The van der Waals surface area contributed by atoms with Crippen LogP contribution >= 0.6 is 0 Å². The zero-order chi connectivity index (χ0) is 29.4. The molecular weight excluding hydrogens is 558 g/mol. The third-order valence-electron chi connectivity index (χ3n) is 9.00. The van der Waals surface area contributed by atoms with Gasteiger partial charge >= 0.3 is 0 Å². The highest BCUT2D eigenvalue weighted by atomic mass is 19.1. The number of fused-ring (bicyclic) bond motifs is 9. The highest BCUT2D eigenvalue weighted by molar-refractivity contribution is 6.41. The van der Waals surface area contributed by atoms with Crippen LogP contribution in [-0.2, 0) is 0 Å². The molecule has 0 radical (unpaired) electrons. The largest absolute Gasteiger partial charge is 0.338 e. The molecular formula is C36H16F2N4O2. The fraction of sp³-hybridized carbons (Fsp3) is 0. The first kappa shape index (κ1) is 23.5. The predicted molar refractivity (Wildman–Crippen MR) is 169 cm³/mol. The van der Waals surface area contributed by atoms with Crippen LogP contribution in [0.1, 0.15) is 10.4 Å². The van der Waals surface area contributed by atoms with E-state index in [4.69, 9.17) is 4.98 Å². The minimum Gasteiger partial charge on any atom is -0.338 e. The molecule has 3 heterocycles. The van der Waals surface area contributed by atoms with Crippen LogP contribution in [0.4, 0.5) is 8.78 Å². The van der Waals surface area contributed by atoms with Gasteiger partial charge in [0.2, 0.25) is 0 Å². The molecule has 10 rings (SSSR count). The van der Waals surface area contributed by atoms with Crippen molar-refractivity contribution in [1.82, 2.24) is 19.4 Å². The van der Waals surface area contributed by atoms with Crippen molar-refractivity contribution in [2.75, 3.05) is 0 Å². The molecule has 10 aromatic rings. The topological polar surface area (TPSA) is 80.1 Å². The molecule has 0 fully saturated rings. The molecule has 0 amide bonds. The van der Waals surface area contributed by atoms with Crippen molar-refractivity contribution in [1.29, 1.82) is 0 Å². The number of aldehydes is 1. The Morgan fingerprint density at radius 3 is 2.23 bits per heavy atom. The van der Waals surface area contributed by atoms with Crippen molar-refractivity contribution in [3.63, 3.8) is 0 Å². The summed E-state index contributed by atoms with van der Waals surface area (Å²) in [6, 6.07) is 24.3. The van der Waals surface area contributed by atoms with Gasteiger partial charge in [0.25, 0.3) is 5.56 Å². The van der Waals surface area contributed by atoms with Crippen LogP contribution in [0.5, 0.6) is 0 Å².